The van der Waals surface area contributed by atoms with E-state index in [4.69, 9.17) is 33.2 Å². The molecule has 3 rings (SSSR count). The van der Waals surface area contributed by atoms with Crippen LogP contribution in [-0.4, -0.2) is 49.8 Å². The Morgan fingerprint density at radius 1 is 0.613 bits per heavy atom. The summed E-state index contributed by atoms with van der Waals surface area (Å²) in [5, 5.41) is 0. The Labute approximate surface area is 183 Å². The van der Waals surface area contributed by atoms with Crippen LogP contribution in [0.5, 0.6) is 34.5 Å². The van der Waals surface area contributed by atoms with Crippen LogP contribution in [0.3, 0.4) is 0 Å². The van der Waals surface area contributed by atoms with Gasteiger partial charge in [-0.05, 0) is 53.8 Å². The van der Waals surface area contributed by atoms with Crippen molar-refractivity contribution in [1.82, 2.24) is 0 Å². The molecule has 1 aliphatic rings. The maximum absolute atomic E-state index is 6.19. The molecule has 168 valence electrons. The molecule has 2 aromatic carbocycles. The normalized spacial score (nSPS) is 17.7. The number of allylic oxidation sites excluding steroid dienone is 1. The van der Waals surface area contributed by atoms with Crippen molar-refractivity contribution in [2.75, 3.05) is 49.8 Å². The van der Waals surface area contributed by atoms with Gasteiger partial charge in [0, 0.05) is 7.11 Å². The number of benzene rings is 2. The van der Waals surface area contributed by atoms with Crippen LogP contribution in [0.4, 0.5) is 0 Å². The van der Waals surface area contributed by atoms with Gasteiger partial charge in [-0.2, -0.15) is 0 Å². The van der Waals surface area contributed by atoms with Crippen molar-refractivity contribution in [2.45, 2.75) is 18.4 Å². The molecule has 7 heteroatoms. The average molecular weight is 430 g/mol. The van der Waals surface area contributed by atoms with Crippen molar-refractivity contribution in [3.63, 3.8) is 0 Å². The monoisotopic (exact) mass is 430 g/mol. The van der Waals surface area contributed by atoms with Gasteiger partial charge in [-0.15, -0.1) is 0 Å². The number of ether oxygens (including phenoxy) is 7. The third-order valence-electron chi connectivity index (χ3n) is 5.74. The lowest BCUT2D eigenvalue weighted by atomic mass is 9.83. The van der Waals surface area contributed by atoms with Crippen LogP contribution < -0.4 is 28.4 Å². The van der Waals surface area contributed by atoms with Gasteiger partial charge < -0.3 is 33.2 Å². The molecule has 0 spiro atoms. The Kier molecular flexibility index (Phi) is 6.85. The fourth-order valence-electron chi connectivity index (χ4n) is 4.25. The first-order chi connectivity index (χ1) is 15.0. The van der Waals surface area contributed by atoms with Crippen LogP contribution in [0.2, 0.25) is 0 Å². The Hall–Kier alpha value is -3.06. The predicted octanol–water partition coefficient (Wildman–Crippen LogP) is 4.46. The van der Waals surface area contributed by atoms with Crippen molar-refractivity contribution < 1.29 is 33.2 Å². The van der Waals surface area contributed by atoms with Gasteiger partial charge in [-0.1, -0.05) is 6.08 Å². The molecular formula is C24H30O7. The number of hydrogen-bond acceptors (Lipinski definition) is 7. The van der Waals surface area contributed by atoms with Crippen molar-refractivity contribution in [3.05, 3.63) is 41.5 Å². The molecule has 0 amide bonds. The maximum Gasteiger partial charge on any atom is 0.203 e. The molecule has 1 aliphatic carbocycles. The maximum atomic E-state index is 6.19. The van der Waals surface area contributed by atoms with Crippen LogP contribution in [0.15, 0.2) is 30.3 Å². The van der Waals surface area contributed by atoms with Crippen LogP contribution in [0.25, 0.3) is 5.57 Å². The Morgan fingerprint density at radius 2 is 1.06 bits per heavy atom. The molecule has 0 aliphatic heterocycles. The van der Waals surface area contributed by atoms with Crippen molar-refractivity contribution in [1.29, 1.82) is 0 Å². The highest BCUT2D eigenvalue weighted by Gasteiger charge is 2.42. The minimum atomic E-state index is -0.711. The Morgan fingerprint density at radius 3 is 1.45 bits per heavy atom. The zero-order valence-electron chi connectivity index (χ0n) is 19.2. The molecule has 1 unspecified atom stereocenters. The highest BCUT2D eigenvalue weighted by atomic mass is 16.5. The summed E-state index contributed by atoms with van der Waals surface area (Å²) >= 11 is 0. The quantitative estimate of drug-likeness (QED) is 0.582. The van der Waals surface area contributed by atoms with Crippen molar-refractivity contribution in [2.24, 2.45) is 0 Å². The molecular weight excluding hydrogens is 400 g/mol. The average Bonchev–Trinajstić information content (AvgIpc) is 3.27. The number of hydrogen-bond donors (Lipinski definition) is 0. The molecule has 2 aromatic rings. The SMILES string of the molecule is COc1cc(C2=CCCC2(OC)c2cc(OC)c(OC)c(OC)c2)cc(OC)c1OC. The van der Waals surface area contributed by atoms with Gasteiger partial charge in [-0.3, -0.25) is 0 Å². The molecule has 31 heavy (non-hydrogen) atoms. The van der Waals surface area contributed by atoms with Crippen molar-refractivity contribution in [3.8, 4) is 34.5 Å². The second-order valence-electron chi connectivity index (χ2n) is 7.02. The summed E-state index contributed by atoms with van der Waals surface area (Å²) in [7, 11) is 11.3. The summed E-state index contributed by atoms with van der Waals surface area (Å²) in [5.41, 5.74) is 2.12. The first-order valence-corrected chi connectivity index (χ1v) is 9.90. The second-order valence-corrected chi connectivity index (χ2v) is 7.02. The second kappa shape index (κ2) is 9.39. The Balaban J connectivity index is 2.21. The number of methoxy groups -OCH3 is 7. The van der Waals surface area contributed by atoms with E-state index in [9.17, 15) is 0 Å². The Bertz CT molecular complexity index is 916. The first-order valence-electron chi connectivity index (χ1n) is 9.90. The molecule has 7 nitrogen and oxygen atoms in total. The minimum absolute atomic E-state index is 0.538. The lowest BCUT2D eigenvalue weighted by Gasteiger charge is -2.33. The predicted molar refractivity (Wildman–Crippen MR) is 118 cm³/mol. The largest absolute Gasteiger partial charge is 0.493 e. The standard InChI is InChI=1S/C24H30O7/c1-25-18-11-15(12-19(26-2)22(18)29-5)17-9-8-10-24(17,31-7)16-13-20(27-3)23(30-6)21(14-16)28-4/h9,11-14H,8,10H2,1-7H3. The molecule has 1 atom stereocenters. The van der Waals surface area contributed by atoms with E-state index in [-0.39, 0.29) is 0 Å². The van der Waals surface area contributed by atoms with E-state index in [0.29, 0.717) is 34.5 Å². The van der Waals surface area contributed by atoms with Crippen LogP contribution >= 0.6 is 0 Å². The van der Waals surface area contributed by atoms with Crippen LogP contribution in [-0.2, 0) is 10.3 Å². The third kappa shape index (κ3) is 3.74. The molecule has 0 saturated carbocycles. The summed E-state index contributed by atoms with van der Waals surface area (Å²) < 4.78 is 39.4. The van der Waals surface area contributed by atoms with Gasteiger partial charge in [0.15, 0.2) is 23.0 Å². The van der Waals surface area contributed by atoms with Crippen LogP contribution in [0, 0.1) is 0 Å². The van der Waals surface area contributed by atoms with E-state index in [2.05, 4.69) is 6.08 Å². The summed E-state index contributed by atoms with van der Waals surface area (Å²) in [6, 6.07) is 7.73. The zero-order chi connectivity index (χ0) is 22.6. The fraction of sp³-hybridized carbons (Fsp3) is 0.417. The molecule has 0 N–H and O–H groups in total. The molecule has 0 heterocycles. The van der Waals surface area contributed by atoms with E-state index in [0.717, 1.165) is 29.5 Å². The topological polar surface area (TPSA) is 64.6 Å². The van der Waals surface area contributed by atoms with Gasteiger partial charge >= 0.3 is 0 Å². The van der Waals surface area contributed by atoms with E-state index < -0.39 is 5.60 Å². The minimum Gasteiger partial charge on any atom is -0.493 e. The molecule has 0 bridgehead atoms. The fourth-order valence-corrected chi connectivity index (χ4v) is 4.25. The van der Waals surface area contributed by atoms with E-state index >= 15 is 0 Å². The van der Waals surface area contributed by atoms with Gasteiger partial charge in [-0.25, -0.2) is 0 Å². The van der Waals surface area contributed by atoms with Gasteiger partial charge in [0.05, 0.1) is 42.7 Å². The third-order valence-corrected chi connectivity index (χ3v) is 5.74. The summed E-state index contributed by atoms with van der Waals surface area (Å²) in [6.45, 7) is 0. The lowest BCUT2D eigenvalue weighted by molar-refractivity contribution is 0.0374. The molecule has 0 fully saturated rings. The highest BCUT2D eigenvalue weighted by Crippen LogP contribution is 2.53. The molecule has 0 radical (unpaired) electrons. The summed E-state index contributed by atoms with van der Waals surface area (Å²) in [6.07, 6.45) is 3.78. The van der Waals surface area contributed by atoms with Gasteiger partial charge in [0.1, 0.15) is 5.60 Å². The van der Waals surface area contributed by atoms with Gasteiger partial charge in [0.2, 0.25) is 11.5 Å². The van der Waals surface area contributed by atoms with E-state index in [1.807, 2.05) is 24.3 Å². The van der Waals surface area contributed by atoms with Gasteiger partial charge in [0.25, 0.3) is 0 Å². The summed E-state index contributed by atoms with van der Waals surface area (Å²) in [4.78, 5) is 0. The van der Waals surface area contributed by atoms with Crippen LogP contribution in [0.1, 0.15) is 24.0 Å². The highest BCUT2D eigenvalue weighted by molar-refractivity contribution is 5.79. The zero-order valence-corrected chi connectivity index (χ0v) is 19.2. The lowest BCUT2D eigenvalue weighted by Crippen LogP contribution is -2.27. The molecule has 0 saturated heterocycles. The summed E-state index contributed by atoms with van der Waals surface area (Å²) in [5.74, 6) is 3.40. The first kappa shape index (κ1) is 22.6. The smallest absolute Gasteiger partial charge is 0.203 e. The van der Waals surface area contributed by atoms with Crippen molar-refractivity contribution >= 4 is 5.57 Å². The van der Waals surface area contributed by atoms with E-state index in [1.165, 1.54) is 0 Å². The van der Waals surface area contributed by atoms with E-state index in [1.54, 1.807) is 49.8 Å². The molecule has 0 aromatic heterocycles. The number of rotatable bonds is 9.